The van der Waals surface area contributed by atoms with Crippen LogP contribution in [0.5, 0.6) is 0 Å². The highest BCUT2D eigenvalue weighted by molar-refractivity contribution is 7.93. The molecule has 3 heteroatoms. The van der Waals surface area contributed by atoms with Crippen molar-refractivity contribution in [1.29, 1.82) is 0 Å². The molecule has 2 aromatic carbocycles. The van der Waals surface area contributed by atoms with Crippen molar-refractivity contribution >= 4 is 23.8 Å². The van der Waals surface area contributed by atoms with Crippen molar-refractivity contribution in [2.75, 3.05) is 19.3 Å². The minimum absolute atomic E-state index is 0.0361. The number of hydrogen-bond donors (Lipinski definition) is 0. The van der Waals surface area contributed by atoms with Crippen LogP contribution in [0.2, 0.25) is 0 Å². The smallest absolute Gasteiger partial charge is 0.372 e. The lowest BCUT2D eigenvalue weighted by Gasteiger charge is -2.37. The van der Waals surface area contributed by atoms with Crippen LogP contribution in [0.4, 0.5) is 0 Å². The van der Waals surface area contributed by atoms with Gasteiger partial charge < -0.3 is 4.74 Å². The summed E-state index contributed by atoms with van der Waals surface area (Å²) in [4.78, 5) is 0. The lowest BCUT2D eigenvalue weighted by Crippen LogP contribution is -2.35. The second kappa shape index (κ2) is 13.1. The monoisotopic (exact) mass is 539 g/mol. The minimum atomic E-state index is -1.91. The first-order chi connectivity index (χ1) is 19.3. The van der Waals surface area contributed by atoms with Gasteiger partial charge in [0.1, 0.15) is 17.9 Å². The summed E-state index contributed by atoms with van der Waals surface area (Å²) < 4.78 is 8.56. The third-order valence-electron chi connectivity index (χ3n) is 8.94. The molecule has 1 spiro atoms. The Morgan fingerprint density at radius 2 is 1.54 bits per heavy atom. The molecule has 1 unspecified atom stereocenters. The summed E-state index contributed by atoms with van der Waals surface area (Å²) in [6, 6.07) is 22.9. The fourth-order valence-electron chi connectivity index (χ4n) is 7.06. The molecule has 3 aliphatic rings. The van der Waals surface area contributed by atoms with E-state index in [1.807, 2.05) is 6.20 Å². The summed E-state index contributed by atoms with van der Waals surface area (Å²) in [7, 11) is -1.91. The van der Waals surface area contributed by atoms with Gasteiger partial charge in [-0.15, -0.1) is 0 Å². The lowest BCUT2D eigenvalue weighted by molar-refractivity contribution is -0.445. The molecule has 1 heterocycles. The first kappa shape index (κ1) is 27.9. The van der Waals surface area contributed by atoms with Gasteiger partial charge in [-0.3, -0.25) is 0 Å². The van der Waals surface area contributed by atoms with Crippen molar-refractivity contribution < 1.29 is 9.31 Å². The summed E-state index contributed by atoms with van der Waals surface area (Å²) in [5, 5.41) is 4.68. The van der Waals surface area contributed by atoms with E-state index in [9.17, 15) is 0 Å². The maximum absolute atomic E-state index is 6.33. The maximum Gasteiger partial charge on any atom is 0.372 e. The molecule has 0 radical (unpaired) electrons. The van der Waals surface area contributed by atoms with E-state index in [1.165, 1.54) is 67.5 Å². The van der Waals surface area contributed by atoms with Crippen molar-refractivity contribution in [3.8, 4) is 0 Å². The Morgan fingerprint density at radius 1 is 0.872 bits per heavy atom. The molecule has 0 saturated carbocycles. The van der Waals surface area contributed by atoms with Gasteiger partial charge in [-0.2, -0.15) is 4.58 Å². The molecule has 2 aromatic rings. The first-order valence-corrected chi connectivity index (χ1v) is 17.2. The topological polar surface area (TPSA) is 12.2 Å². The van der Waals surface area contributed by atoms with E-state index >= 15 is 0 Å². The van der Waals surface area contributed by atoms with Gasteiger partial charge >= 0.3 is 5.90 Å². The lowest BCUT2D eigenvalue weighted by atomic mass is 9.80. The SMILES string of the molecule is C=C[N+]1=C(C2=CCCC23CCC=C3[P+](CC=CCCCCCCC)(c2ccccc2)c2ccccc2)OCC1. The van der Waals surface area contributed by atoms with E-state index in [4.69, 9.17) is 4.74 Å². The fourth-order valence-corrected chi connectivity index (χ4v) is 11.9. The molecule has 2 nitrogen and oxygen atoms in total. The molecular formula is C36H46NOP+2. The first-order valence-electron chi connectivity index (χ1n) is 15.2. The van der Waals surface area contributed by atoms with Gasteiger partial charge in [-0.1, -0.05) is 87.2 Å². The Kier molecular flexibility index (Phi) is 9.36. The van der Waals surface area contributed by atoms with Gasteiger partial charge in [0.25, 0.3) is 0 Å². The van der Waals surface area contributed by atoms with Crippen LogP contribution in [0, 0.1) is 5.41 Å². The second-order valence-corrected chi connectivity index (χ2v) is 14.7. The largest absolute Gasteiger partial charge is 0.437 e. The molecule has 0 N–H and O–H groups in total. The van der Waals surface area contributed by atoms with Crippen LogP contribution in [-0.2, 0) is 4.74 Å². The number of rotatable bonds is 13. The second-order valence-electron chi connectivity index (χ2n) is 11.2. The highest BCUT2D eigenvalue weighted by atomic mass is 31.2. The molecule has 0 bridgehead atoms. The third kappa shape index (κ3) is 5.51. The fraction of sp³-hybridized carbons (Fsp3) is 0.417. The van der Waals surface area contributed by atoms with E-state index in [-0.39, 0.29) is 5.41 Å². The Balaban J connectivity index is 1.58. The molecule has 0 amide bonds. The van der Waals surface area contributed by atoms with E-state index in [0.29, 0.717) is 0 Å². The van der Waals surface area contributed by atoms with Crippen molar-refractivity contribution in [2.24, 2.45) is 5.41 Å². The van der Waals surface area contributed by atoms with Gasteiger partial charge in [0.2, 0.25) is 0 Å². The summed E-state index contributed by atoms with van der Waals surface area (Å²) in [5.74, 6) is 1.05. The predicted octanol–water partition coefficient (Wildman–Crippen LogP) is 8.54. The van der Waals surface area contributed by atoms with Crippen LogP contribution in [0.1, 0.15) is 71.1 Å². The average molecular weight is 540 g/mol. The number of ether oxygens (including phenoxy) is 1. The van der Waals surface area contributed by atoms with Crippen LogP contribution in [0.25, 0.3) is 0 Å². The summed E-state index contributed by atoms with van der Waals surface area (Å²) in [6.45, 7) is 8.03. The Morgan fingerprint density at radius 3 is 2.21 bits per heavy atom. The average Bonchev–Trinajstić information content (AvgIpc) is 3.74. The van der Waals surface area contributed by atoms with Crippen LogP contribution in [0.15, 0.2) is 109 Å². The predicted molar refractivity (Wildman–Crippen MR) is 170 cm³/mol. The summed E-state index contributed by atoms with van der Waals surface area (Å²) in [5.41, 5.74) is 1.45. The van der Waals surface area contributed by atoms with Gasteiger partial charge in [0, 0.05) is 0 Å². The zero-order valence-corrected chi connectivity index (χ0v) is 24.8. The molecule has 204 valence electrons. The van der Waals surface area contributed by atoms with Crippen LogP contribution < -0.4 is 10.6 Å². The highest BCUT2D eigenvalue weighted by Crippen LogP contribution is 2.74. The summed E-state index contributed by atoms with van der Waals surface area (Å²) in [6.07, 6.45) is 25.6. The molecule has 0 saturated heterocycles. The standard InChI is InChI=1S/C36H46NOP/c1-3-5-6-7-8-9-10-17-30-39(31-20-13-11-14-21-31,32-22-15-12-16-23-32)34-25-19-27-36(34)26-18-24-33(36)35-37(4-2)28-29-38-35/h4,10-17,20-25H,2-3,5-9,18-19,26-30H2,1H3/q+2. The molecule has 1 atom stereocenters. The number of allylic oxidation sites excluding steroid dienone is 5. The number of hydrogen-bond acceptors (Lipinski definition) is 1. The molecular weight excluding hydrogens is 493 g/mol. The maximum atomic E-state index is 6.33. The van der Waals surface area contributed by atoms with Crippen LogP contribution in [0.3, 0.4) is 0 Å². The third-order valence-corrected chi connectivity index (χ3v) is 13.5. The zero-order chi connectivity index (χ0) is 27.0. The van der Waals surface area contributed by atoms with Crippen molar-refractivity contribution in [1.82, 2.24) is 0 Å². The van der Waals surface area contributed by atoms with E-state index < -0.39 is 7.26 Å². The Bertz CT molecular complexity index is 1200. The normalized spacial score (nSPS) is 21.1. The van der Waals surface area contributed by atoms with Gasteiger partial charge in [-0.05, 0) is 75.4 Å². The van der Waals surface area contributed by atoms with Crippen LogP contribution in [-0.4, -0.2) is 29.8 Å². The van der Waals surface area contributed by atoms with Gasteiger partial charge in [0.05, 0.1) is 22.5 Å². The number of nitrogens with zero attached hydrogens (tertiary/aromatic N) is 1. The van der Waals surface area contributed by atoms with E-state index in [2.05, 4.69) is 103 Å². The molecule has 1 aliphatic heterocycles. The molecule has 39 heavy (non-hydrogen) atoms. The number of benzene rings is 2. The Hall–Kier alpha value is -2.70. The van der Waals surface area contributed by atoms with Crippen molar-refractivity contribution in [3.63, 3.8) is 0 Å². The Labute approximate surface area is 237 Å². The molecule has 2 aliphatic carbocycles. The minimum Gasteiger partial charge on any atom is -0.437 e. The molecule has 0 fully saturated rings. The molecule has 5 rings (SSSR count). The molecule has 0 aromatic heterocycles. The zero-order valence-electron chi connectivity index (χ0n) is 23.9. The van der Waals surface area contributed by atoms with E-state index in [0.717, 1.165) is 38.1 Å². The van der Waals surface area contributed by atoms with Crippen molar-refractivity contribution in [2.45, 2.75) is 71.1 Å². The van der Waals surface area contributed by atoms with Gasteiger partial charge in [-0.25, -0.2) is 0 Å². The van der Waals surface area contributed by atoms with Crippen molar-refractivity contribution in [3.05, 3.63) is 109 Å². The quantitative estimate of drug-likeness (QED) is 0.108. The number of unbranched alkanes of at least 4 members (excludes halogenated alkanes) is 5. The van der Waals surface area contributed by atoms with E-state index in [1.54, 1.807) is 5.31 Å². The van der Waals surface area contributed by atoms with Crippen LogP contribution >= 0.6 is 7.26 Å². The summed E-state index contributed by atoms with van der Waals surface area (Å²) >= 11 is 0. The highest BCUT2D eigenvalue weighted by Gasteiger charge is 2.60. The van der Waals surface area contributed by atoms with Gasteiger partial charge in [0.15, 0.2) is 19.4 Å².